The third-order valence-electron chi connectivity index (χ3n) is 3.63. The Hall–Kier alpha value is -1.29. The van der Waals surface area contributed by atoms with Crippen LogP contribution in [0.2, 0.25) is 0 Å². The van der Waals surface area contributed by atoms with Gasteiger partial charge in [0.25, 0.3) is 0 Å². The lowest BCUT2D eigenvalue weighted by Gasteiger charge is -2.27. The van der Waals surface area contributed by atoms with Gasteiger partial charge in [-0.2, -0.15) is 0 Å². The first-order valence-electron chi connectivity index (χ1n) is 5.90. The topological polar surface area (TPSA) is 54.9 Å². The van der Waals surface area contributed by atoms with E-state index in [1.807, 2.05) is 0 Å². The monoisotopic (exact) mass is 217 g/mol. The molecule has 1 N–H and O–H groups in total. The van der Waals surface area contributed by atoms with Crippen LogP contribution in [-0.4, -0.2) is 27.8 Å². The summed E-state index contributed by atoms with van der Waals surface area (Å²) in [6.45, 7) is 0. The van der Waals surface area contributed by atoms with Gasteiger partial charge < -0.3 is 5.32 Å². The van der Waals surface area contributed by atoms with E-state index in [-0.39, 0.29) is 11.7 Å². The molecule has 0 saturated carbocycles. The fourth-order valence-corrected chi connectivity index (χ4v) is 2.88. The van der Waals surface area contributed by atoms with Crippen LogP contribution >= 0.6 is 0 Å². The Morgan fingerprint density at radius 2 is 1.81 bits per heavy atom. The van der Waals surface area contributed by atoms with E-state index in [0.717, 1.165) is 12.8 Å². The molecule has 4 heteroatoms. The number of fused-ring (bicyclic) bond motifs is 2. The number of carbonyl (C=O) groups excluding carboxylic acids is 1. The van der Waals surface area contributed by atoms with Crippen LogP contribution < -0.4 is 5.32 Å². The van der Waals surface area contributed by atoms with Crippen LogP contribution in [0.3, 0.4) is 0 Å². The third-order valence-corrected chi connectivity index (χ3v) is 3.63. The van der Waals surface area contributed by atoms with E-state index in [2.05, 4.69) is 15.3 Å². The number of hydrogen-bond donors (Lipinski definition) is 1. The number of aromatic nitrogens is 2. The molecule has 2 bridgehead atoms. The summed E-state index contributed by atoms with van der Waals surface area (Å²) in [5, 5.41) is 3.53. The normalized spacial score (nSPS) is 32.6. The SMILES string of the molecule is O=C(c1ncccn1)C1CC2CCC(C1)N2. The van der Waals surface area contributed by atoms with Gasteiger partial charge in [-0.15, -0.1) is 0 Å². The number of Topliss-reactive ketones (excluding diaryl/α,β-unsaturated/α-hetero) is 1. The standard InChI is InChI=1S/C12H15N3O/c16-11(12-13-4-1-5-14-12)8-6-9-2-3-10(7-8)15-9/h1,4-5,8-10,15H,2-3,6-7H2. The zero-order chi connectivity index (χ0) is 11.0. The zero-order valence-electron chi connectivity index (χ0n) is 9.10. The highest BCUT2D eigenvalue weighted by Crippen LogP contribution is 2.32. The fourth-order valence-electron chi connectivity index (χ4n) is 2.88. The molecule has 2 aliphatic rings. The maximum absolute atomic E-state index is 12.2. The van der Waals surface area contributed by atoms with E-state index in [1.54, 1.807) is 18.5 Å². The van der Waals surface area contributed by atoms with Crippen molar-refractivity contribution in [2.24, 2.45) is 5.92 Å². The van der Waals surface area contributed by atoms with Gasteiger partial charge in [-0.25, -0.2) is 9.97 Å². The molecule has 2 saturated heterocycles. The Morgan fingerprint density at radius 1 is 1.19 bits per heavy atom. The van der Waals surface area contributed by atoms with Gasteiger partial charge in [0, 0.05) is 30.4 Å². The lowest BCUT2D eigenvalue weighted by atomic mass is 9.88. The Morgan fingerprint density at radius 3 is 2.44 bits per heavy atom. The van der Waals surface area contributed by atoms with Gasteiger partial charge >= 0.3 is 0 Å². The molecule has 0 aromatic carbocycles. The van der Waals surface area contributed by atoms with E-state index in [9.17, 15) is 4.79 Å². The fraction of sp³-hybridized carbons (Fsp3) is 0.583. The largest absolute Gasteiger partial charge is 0.311 e. The van der Waals surface area contributed by atoms with Crippen molar-refractivity contribution in [2.45, 2.75) is 37.8 Å². The number of piperidine rings is 1. The van der Waals surface area contributed by atoms with Gasteiger partial charge in [0.1, 0.15) is 0 Å². The van der Waals surface area contributed by atoms with Crippen LogP contribution in [0, 0.1) is 5.92 Å². The molecular weight excluding hydrogens is 202 g/mol. The summed E-state index contributed by atoms with van der Waals surface area (Å²) >= 11 is 0. The first kappa shape index (κ1) is 9.90. The Labute approximate surface area is 94.5 Å². The van der Waals surface area contributed by atoms with Crippen molar-refractivity contribution >= 4 is 5.78 Å². The van der Waals surface area contributed by atoms with E-state index in [1.165, 1.54) is 12.8 Å². The van der Waals surface area contributed by atoms with Gasteiger partial charge in [0.05, 0.1) is 0 Å². The molecule has 2 unspecified atom stereocenters. The van der Waals surface area contributed by atoms with E-state index >= 15 is 0 Å². The molecular formula is C12H15N3O. The first-order chi connectivity index (χ1) is 7.83. The summed E-state index contributed by atoms with van der Waals surface area (Å²) in [6.07, 6.45) is 7.60. The van der Waals surface area contributed by atoms with Crippen LogP contribution in [0.4, 0.5) is 0 Å². The van der Waals surface area contributed by atoms with Crippen molar-refractivity contribution in [1.82, 2.24) is 15.3 Å². The number of nitrogens with zero attached hydrogens (tertiary/aromatic N) is 2. The minimum Gasteiger partial charge on any atom is -0.311 e. The van der Waals surface area contributed by atoms with Crippen molar-refractivity contribution < 1.29 is 4.79 Å². The Balaban J connectivity index is 1.76. The molecule has 0 spiro atoms. The average Bonchev–Trinajstić information content (AvgIpc) is 2.68. The molecule has 84 valence electrons. The molecule has 3 heterocycles. The molecule has 2 atom stereocenters. The minimum atomic E-state index is 0.124. The van der Waals surface area contributed by atoms with Gasteiger partial charge in [-0.1, -0.05) is 0 Å². The summed E-state index contributed by atoms with van der Waals surface area (Å²) in [7, 11) is 0. The Kier molecular flexibility index (Phi) is 2.44. The predicted molar refractivity (Wildman–Crippen MR) is 59.0 cm³/mol. The van der Waals surface area contributed by atoms with Crippen LogP contribution in [0.5, 0.6) is 0 Å². The molecule has 16 heavy (non-hydrogen) atoms. The maximum Gasteiger partial charge on any atom is 0.203 e. The van der Waals surface area contributed by atoms with Crippen LogP contribution in [0.25, 0.3) is 0 Å². The highest BCUT2D eigenvalue weighted by atomic mass is 16.1. The number of nitrogens with one attached hydrogen (secondary N) is 1. The molecule has 0 aliphatic carbocycles. The zero-order valence-corrected chi connectivity index (χ0v) is 9.10. The molecule has 0 radical (unpaired) electrons. The molecule has 1 aromatic heterocycles. The molecule has 2 fully saturated rings. The summed E-state index contributed by atoms with van der Waals surface area (Å²) < 4.78 is 0. The van der Waals surface area contributed by atoms with Crippen molar-refractivity contribution in [1.29, 1.82) is 0 Å². The summed E-state index contributed by atoms with van der Waals surface area (Å²) in [4.78, 5) is 20.3. The maximum atomic E-state index is 12.2. The smallest absolute Gasteiger partial charge is 0.203 e. The highest BCUT2D eigenvalue weighted by Gasteiger charge is 2.37. The van der Waals surface area contributed by atoms with Crippen molar-refractivity contribution in [3.05, 3.63) is 24.3 Å². The average molecular weight is 217 g/mol. The summed E-state index contributed by atoms with van der Waals surface area (Å²) in [6, 6.07) is 2.82. The lowest BCUT2D eigenvalue weighted by molar-refractivity contribution is 0.0864. The predicted octanol–water partition coefficient (Wildman–Crippen LogP) is 1.19. The molecule has 4 nitrogen and oxygen atoms in total. The number of ketones is 1. The van der Waals surface area contributed by atoms with Crippen LogP contribution in [0.1, 0.15) is 36.3 Å². The molecule has 3 rings (SSSR count). The van der Waals surface area contributed by atoms with E-state index in [4.69, 9.17) is 0 Å². The number of hydrogen-bond acceptors (Lipinski definition) is 4. The number of rotatable bonds is 2. The van der Waals surface area contributed by atoms with Gasteiger partial charge in [-0.3, -0.25) is 4.79 Å². The first-order valence-corrected chi connectivity index (χ1v) is 5.90. The lowest BCUT2D eigenvalue weighted by Crippen LogP contribution is -2.40. The van der Waals surface area contributed by atoms with Crippen molar-refractivity contribution in [3.63, 3.8) is 0 Å². The van der Waals surface area contributed by atoms with Crippen LogP contribution in [0.15, 0.2) is 18.5 Å². The summed E-state index contributed by atoms with van der Waals surface area (Å²) in [5.74, 6) is 0.633. The van der Waals surface area contributed by atoms with Crippen molar-refractivity contribution in [3.8, 4) is 0 Å². The Bertz CT molecular complexity index is 381. The number of carbonyl (C=O) groups is 1. The molecule has 0 amide bonds. The third kappa shape index (κ3) is 1.73. The summed E-state index contributed by atoms with van der Waals surface area (Å²) in [5.41, 5.74) is 0. The van der Waals surface area contributed by atoms with E-state index in [0.29, 0.717) is 17.9 Å². The second-order valence-corrected chi connectivity index (χ2v) is 4.74. The van der Waals surface area contributed by atoms with Crippen LogP contribution in [-0.2, 0) is 0 Å². The van der Waals surface area contributed by atoms with Gasteiger partial charge in [0.15, 0.2) is 5.82 Å². The highest BCUT2D eigenvalue weighted by molar-refractivity contribution is 5.94. The van der Waals surface area contributed by atoms with Gasteiger partial charge in [0.2, 0.25) is 5.78 Å². The second-order valence-electron chi connectivity index (χ2n) is 4.74. The second kappa shape index (κ2) is 3.94. The van der Waals surface area contributed by atoms with Crippen molar-refractivity contribution in [2.75, 3.05) is 0 Å². The quantitative estimate of drug-likeness (QED) is 0.756. The molecule has 2 aliphatic heterocycles. The molecule has 1 aromatic rings. The van der Waals surface area contributed by atoms with Gasteiger partial charge in [-0.05, 0) is 31.7 Å². The minimum absolute atomic E-state index is 0.124. The van der Waals surface area contributed by atoms with E-state index < -0.39 is 0 Å².